The molecule has 0 atom stereocenters. The van der Waals surface area contributed by atoms with Gasteiger partial charge in [-0.05, 0) is 29.7 Å². The number of aromatic hydroxyl groups is 1. The fourth-order valence-corrected chi connectivity index (χ4v) is 1.76. The minimum absolute atomic E-state index is 0.223. The van der Waals surface area contributed by atoms with Gasteiger partial charge in [0.05, 0.1) is 6.61 Å². The zero-order chi connectivity index (χ0) is 13.5. The van der Waals surface area contributed by atoms with Crippen LogP contribution in [0.1, 0.15) is 24.5 Å². The number of ether oxygens (including phenoxy) is 1. The molecule has 98 valence electrons. The largest absolute Gasteiger partial charge is 0.508 e. The topological polar surface area (TPSA) is 29.5 Å². The average Bonchev–Trinajstić information content (AvgIpc) is 2.43. The third-order valence-corrected chi connectivity index (χ3v) is 2.65. The van der Waals surface area contributed by atoms with Gasteiger partial charge >= 0.3 is 0 Å². The third kappa shape index (κ3) is 4.18. The quantitative estimate of drug-likeness (QED) is 0.804. The molecule has 0 saturated carbocycles. The smallest absolute Gasteiger partial charge is 0.123 e. The first kappa shape index (κ1) is 13.2. The monoisotopic (exact) mass is 254 g/mol. The molecule has 0 unspecified atom stereocenters. The summed E-state index contributed by atoms with van der Waals surface area (Å²) in [7, 11) is 0. The number of hydrogen-bond donors (Lipinski definition) is 1. The highest BCUT2D eigenvalue weighted by Gasteiger charge is 1.99. The molecule has 0 spiro atoms. The Morgan fingerprint density at radius 3 is 2.47 bits per heavy atom. The van der Waals surface area contributed by atoms with Crippen molar-refractivity contribution in [2.75, 3.05) is 6.61 Å². The van der Waals surface area contributed by atoms with Gasteiger partial charge in [0.1, 0.15) is 11.5 Å². The minimum Gasteiger partial charge on any atom is -0.508 e. The zero-order valence-electron chi connectivity index (χ0n) is 11.0. The molecule has 19 heavy (non-hydrogen) atoms. The minimum atomic E-state index is 0.223. The van der Waals surface area contributed by atoms with E-state index < -0.39 is 0 Å². The van der Waals surface area contributed by atoms with Crippen molar-refractivity contribution in [2.45, 2.75) is 13.3 Å². The number of hydrogen-bond acceptors (Lipinski definition) is 2. The van der Waals surface area contributed by atoms with Crippen molar-refractivity contribution in [3.8, 4) is 11.5 Å². The predicted octanol–water partition coefficient (Wildman–Crippen LogP) is 4.35. The Hall–Kier alpha value is -2.22. The molecule has 2 aromatic carbocycles. The van der Waals surface area contributed by atoms with Crippen LogP contribution >= 0.6 is 0 Å². The van der Waals surface area contributed by atoms with Crippen LogP contribution in [0.2, 0.25) is 0 Å². The van der Waals surface area contributed by atoms with Crippen LogP contribution in [0.25, 0.3) is 12.2 Å². The van der Waals surface area contributed by atoms with Crippen LogP contribution in [0.3, 0.4) is 0 Å². The summed E-state index contributed by atoms with van der Waals surface area (Å²) in [6.45, 7) is 2.71. The molecule has 2 aromatic rings. The molecule has 0 heterocycles. The van der Waals surface area contributed by atoms with E-state index in [0.29, 0.717) is 12.4 Å². The van der Waals surface area contributed by atoms with E-state index in [0.717, 1.165) is 17.5 Å². The van der Waals surface area contributed by atoms with Crippen LogP contribution in [0.4, 0.5) is 0 Å². The van der Waals surface area contributed by atoms with Crippen molar-refractivity contribution in [1.82, 2.24) is 0 Å². The second-order valence-electron chi connectivity index (χ2n) is 4.35. The molecule has 2 rings (SSSR count). The van der Waals surface area contributed by atoms with Gasteiger partial charge in [-0.2, -0.15) is 0 Å². The molecule has 2 heteroatoms. The molecule has 0 fully saturated rings. The Bertz CT molecular complexity index is 544. The van der Waals surface area contributed by atoms with Gasteiger partial charge < -0.3 is 9.84 Å². The van der Waals surface area contributed by atoms with E-state index in [4.69, 9.17) is 4.74 Å². The van der Waals surface area contributed by atoms with Crippen LogP contribution in [0.5, 0.6) is 11.5 Å². The first-order valence-corrected chi connectivity index (χ1v) is 6.48. The van der Waals surface area contributed by atoms with Crippen molar-refractivity contribution in [1.29, 1.82) is 0 Å². The van der Waals surface area contributed by atoms with Gasteiger partial charge in [0.25, 0.3) is 0 Å². The summed E-state index contributed by atoms with van der Waals surface area (Å²) in [5.74, 6) is 0.927. The van der Waals surface area contributed by atoms with Crippen LogP contribution in [0, 0.1) is 0 Å². The molecule has 0 aliphatic rings. The van der Waals surface area contributed by atoms with Crippen LogP contribution < -0.4 is 4.74 Å². The second-order valence-corrected chi connectivity index (χ2v) is 4.35. The lowest BCUT2D eigenvalue weighted by atomic mass is 10.1. The molecule has 0 aliphatic heterocycles. The summed E-state index contributed by atoms with van der Waals surface area (Å²) in [4.78, 5) is 0. The summed E-state index contributed by atoms with van der Waals surface area (Å²) in [6.07, 6.45) is 4.93. The van der Waals surface area contributed by atoms with Gasteiger partial charge in [0.15, 0.2) is 0 Å². The molecule has 0 amide bonds. The summed E-state index contributed by atoms with van der Waals surface area (Å²) in [6, 6.07) is 15.3. The Labute approximate surface area is 114 Å². The highest BCUT2D eigenvalue weighted by molar-refractivity contribution is 5.70. The molecule has 0 aliphatic carbocycles. The SMILES string of the molecule is CCCOc1cc(O)cc(/C=C/c2ccccc2)c1. The van der Waals surface area contributed by atoms with Gasteiger partial charge in [-0.1, -0.05) is 49.4 Å². The molecule has 1 N–H and O–H groups in total. The van der Waals surface area contributed by atoms with E-state index in [1.165, 1.54) is 0 Å². The van der Waals surface area contributed by atoms with E-state index in [-0.39, 0.29) is 5.75 Å². The maximum absolute atomic E-state index is 9.68. The highest BCUT2D eigenvalue weighted by atomic mass is 16.5. The summed E-state index contributed by atoms with van der Waals surface area (Å²) >= 11 is 0. The lowest BCUT2D eigenvalue weighted by Gasteiger charge is -2.06. The van der Waals surface area contributed by atoms with Gasteiger partial charge in [0, 0.05) is 6.07 Å². The van der Waals surface area contributed by atoms with Crippen molar-refractivity contribution < 1.29 is 9.84 Å². The van der Waals surface area contributed by atoms with E-state index >= 15 is 0 Å². The normalized spacial score (nSPS) is 10.8. The molecule has 0 saturated heterocycles. The van der Waals surface area contributed by atoms with E-state index in [1.54, 1.807) is 12.1 Å². The number of phenols is 1. The third-order valence-electron chi connectivity index (χ3n) is 2.65. The summed E-state index contributed by atoms with van der Waals surface area (Å²) in [5.41, 5.74) is 2.05. The molecular formula is C17H18O2. The first-order chi connectivity index (χ1) is 9.28. The molecule has 2 nitrogen and oxygen atoms in total. The predicted molar refractivity (Wildman–Crippen MR) is 79.3 cm³/mol. The number of phenolic OH excluding ortho intramolecular Hbond substituents is 1. The summed E-state index contributed by atoms with van der Waals surface area (Å²) < 4.78 is 5.53. The fourth-order valence-electron chi connectivity index (χ4n) is 1.76. The van der Waals surface area contributed by atoms with E-state index in [9.17, 15) is 5.11 Å². The van der Waals surface area contributed by atoms with Gasteiger partial charge in [-0.3, -0.25) is 0 Å². The number of rotatable bonds is 5. The lowest BCUT2D eigenvalue weighted by molar-refractivity contribution is 0.315. The molecule has 0 radical (unpaired) electrons. The van der Waals surface area contributed by atoms with E-state index in [1.807, 2.05) is 48.6 Å². The molecule has 0 aromatic heterocycles. The van der Waals surface area contributed by atoms with Crippen molar-refractivity contribution in [2.24, 2.45) is 0 Å². The van der Waals surface area contributed by atoms with Gasteiger partial charge in [-0.15, -0.1) is 0 Å². The average molecular weight is 254 g/mol. The second kappa shape index (κ2) is 6.64. The Balaban J connectivity index is 2.15. The Morgan fingerprint density at radius 2 is 1.74 bits per heavy atom. The molecule has 0 bridgehead atoms. The van der Waals surface area contributed by atoms with Crippen LogP contribution in [0.15, 0.2) is 48.5 Å². The highest BCUT2D eigenvalue weighted by Crippen LogP contribution is 2.23. The Kier molecular flexibility index (Phi) is 4.62. The zero-order valence-corrected chi connectivity index (χ0v) is 11.0. The van der Waals surface area contributed by atoms with Gasteiger partial charge in [0.2, 0.25) is 0 Å². The molecular weight excluding hydrogens is 236 g/mol. The maximum atomic E-state index is 9.68. The van der Waals surface area contributed by atoms with Crippen molar-refractivity contribution >= 4 is 12.2 Å². The Morgan fingerprint density at radius 1 is 1.00 bits per heavy atom. The lowest BCUT2D eigenvalue weighted by Crippen LogP contribution is -1.94. The summed E-state index contributed by atoms with van der Waals surface area (Å²) in [5, 5.41) is 9.68. The first-order valence-electron chi connectivity index (χ1n) is 6.48. The van der Waals surface area contributed by atoms with Crippen molar-refractivity contribution in [3.63, 3.8) is 0 Å². The van der Waals surface area contributed by atoms with Crippen LogP contribution in [-0.2, 0) is 0 Å². The standard InChI is InChI=1S/C17H18O2/c1-2-10-19-17-12-15(11-16(18)13-17)9-8-14-6-4-3-5-7-14/h3-9,11-13,18H,2,10H2,1H3/b9-8+. The fraction of sp³-hybridized carbons (Fsp3) is 0.176. The van der Waals surface area contributed by atoms with E-state index in [2.05, 4.69) is 6.92 Å². The maximum Gasteiger partial charge on any atom is 0.123 e. The van der Waals surface area contributed by atoms with Crippen LogP contribution in [-0.4, -0.2) is 11.7 Å². The van der Waals surface area contributed by atoms with Crippen molar-refractivity contribution in [3.05, 3.63) is 59.7 Å². The number of benzene rings is 2. The van der Waals surface area contributed by atoms with Gasteiger partial charge in [-0.25, -0.2) is 0 Å².